The number of anilines is 2. The van der Waals surface area contributed by atoms with Crippen molar-refractivity contribution in [2.24, 2.45) is 0 Å². The molecule has 0 atom stereocenters. The van der Waals surface area contributed by atoms with E-state index in [9.17, 15) is 10.1 Å². The van der Waals surface area contributed by atoms with Crippen LogP contribution in [0.25, 0.3) is 0 Å². The molecular weight excluding hydrogens is 274 g/mol. The van der Waals surface area contributed by atoms with E-state index in [1.54, 1.807) is 14.0 Å². The van der Waals surface area contributed by atoms with Crippen molar-refractivity contribution in [3.05, 3.63) is 15.8 Å². The Morgan fingerprint density at radius 1 is 1.33 bits per heavy atom. The van der Waals surface area contributed by atoms with Gasteiger partial charge in [0, 0.05) is 20.2 Å². The van der Waals surface area contributed by atoms with Gasteiger partial charge in [-0.2, -0.15) is 4.98 Å². The van der Waals surface area contributed by atoms with Crippen LogP contribution >= 0.6 is 0 Å². The second-order valence-corrected chi connectivity index (χ2v) is 5.33. The van der Waals surface area contributed by atoms with Crippen LogP contribution in [0.15, 0.2) is 0 Å². The SMILES string of the molecule is CCCNc1nc(C)c([N+](=O)[O-])c(NCC(C)(C)OC)n1. The van der Waals surface area contributed by atoms with Crippen LogP contribution in [0.1, 0.15) is 32.9 Å². The molecule has 21 heavy (non-hydrogen) atoms. The Morgan fingerprint density at radius 3 is 2.52 bits per heavy atom. The molecule has 2 N–H and O–H groups in total. The Balaban J connectivity index is 3.07. The molecule has 0 amide bonds. The number of nitro groups is 1. The van der Waals surface area contributed by atoms with Crippen LogP contribution in [0.4, 0.5) is 17.5 Å². The van der Waals surface area contributed by atoms with Crippen molar-refractivity contribution < 1.29 is 9.66 Å². The molecule has 0 radical (unpaired) electrons. The summed E-state index contributed by atoms with van der Waals surface area (Å²) in [6.07, 6.45) is 0.916. The average Bonchev–Trinajstić information content (AvgIpc) is 2.42. The first-order chi connectivity index (χ1) is 9.80. The Labute approximate surface area is 124 Å². The van der Waals surface area contributed by atoms with Gasteiger partial charge in [0.2, 0.25) is 11.8 Å². The van der Waals surface area contributed by atoms with Gasteiger partial charge in [0.1, 0.15) is 5.69 Å². The van der Waals surface area contributed by atoms with E-state index < -0.39 is 10.5 Å². The fourth-order valence-electron chi connectivity index (χ4n) is 1.59. The van der Waals surface area contributed by atoms with Crippen molar-refractivity contribution in [2.45, 2.75) is 39.7 Å². The van der Waals surface area contributed by atoms with Crippen LogP contribution in [0.5, 0.6) is 0 Å². The molecule has 0 aromatic carbocycles. The summed E-state index contributed by atoms with van der Waals surface area (Å²) < 4.78 is 5.29. The van der Waals surface area contributed by atoms with Gasteiger partial charge in [-0.15, -0.1) is 0 Å². The zero-order valence-electron chi connectivity index (χ0n) is 13.2. The maximum atomic E-state index is 11.2. The number of ether oxygens (including phenoxy) is 1. The average molecular weight is 297 g/mol. The molecule has 0 spiro atoms. The van der Waals surface area contributed by atoms with E-state index in [4.69, 9.17) is 4.74 Å². The third kappa shape index (κ3) is 4.82. The summed E-state index contributed by atoms with van der Waals surface area (Å²) in [6, 6.07) is 0. The molecule has 0 fully saturated rings. The minimum atomic E-state index is -0.471. The summed E-state index contributed by atoms with van der Waals surface area (Å²) in [7, 11) is 1.59. The zero-order chi connectivity index (χ0) is 16.0. The van der Waals surface area contributed by atoms with Crippen molar-refractivity contribution in [1.82, 2.24) is 9.97 Å². The number of hydrogen-bond acceptors (Lipinski definition) is 7. The van der Waals surface area contributed by atoms with Crippen LogP contribution in [-0.2, 0) is 4.74 Å². The second-order valence-electron chi connectivity index (χ2n) is 5.33. The Kier molecular flexibility index (Phi) is 5.83. The van der Waals surface area contributed by atoms with Gasteiger partial charge in [0.15, 0.2) is 0 Å². The maximum absolute atomic E-state index is 11.2. The predicted octanol–water partition coefficient (Wildman–Crippen LogP) is 2.35. The molecule has 0 aliphatic carbocycles. The summed E-state index contributed by atoms with van der Waals surface area (Å²) in [5.74, 6) is 0.592. The summed E-state index contributed by atoms with van der Waals surface area (Å²) in [5, 5.41) is 17.2. The van der Waals surface area contributed by atoms with Gasteiger partial charge in [-0.1, -0.05) is 6.92 Å². The molecule has 0 aliphatic heterocycles. The van der Waals surface area contributed by atoms with Crippen molar-refractivity contribution in [2.75, 3.05) is 30.8 Å². The molecular formula is C13H23N5O3. The highest BCUT2D eigenvalue weighted by atomic mass is 16.6. The number of nitrogens with zero attached hydrogens (tertiary/aromatic N) is 3. The molecule has 1 aromatic heterocycles. The topological polar surface area (TPSA) is 102 Å². The van der Waals surface area contributed by atoms with Crippen LogP contribution in [0, 0.1) is 17.0 Å². The molecule has 8 heteroatoms. The van der Waals surface area contributed by atoms with Crippen LogP contribution in [0.3, 0.4) is 0 Å². The first kappa shape index (κ1) is 17.1. The molecule has 0 saturated carbocycles. The van der Waals surface area contributed by atoms with Crippen LogP contribution in [0.2, 0.25) is 0 Å². The third-order valence-electron chi connectivity index (χ3n) is 3.01. The molecule has 1 heterocycles. The monoisotopic (exact) mass is 297 g/mol. The summed E-state index contributed by atoms with van der Waals surface area (Å²) in [6.45, 7) is 8.50. The van der Waals surface area contributed by atoms with Gasteiger partial charge in [-0.3, -0.25) is 10.1 Å². The van der Waals surface area contributed by atoms with Crippen molar-refractivity contribution in [1.29, 1.82) is 0 Å². The van der Waals surface area contributed by atoms with Crippen molar-refractivity contribution in [3.63, 3.8) is 0 Å². The molecule has 118 valence electrons. The van der Waals surface area contributed by atoms with Crippen LogP contribution < -0.4 is 10.6 Å². The normalized spacial score (nSPS) is 11.3. The smallest absolute Gasteiger partial charge is 0.332 e. The first-order valence-corrected chi connectivity index (χ1v) is 6.86. The van der Waals surface area contributed by atoms with E-state index >= 15 is 0 Å². The minimum absolute atomic E-state index is 0.107. The largest absolute Gasteiger partial charge is 0.377 e. The lowest BCUT2D eigenvalue weighted by molar-refractivity contribution is -0.385. The Morgan fingerprint density at radius 2 is 2.00 bits per heavy atom. The molecule has 1 rings (SSSR count). The van der Waals surface area contributed by atoms with E-state index in [0.717, 1.165) is 6.42 Å². The van der Waals surface area contributed by atoms with Gasteiger partial charge in [-0.05, 0) is 27.2 Å². The quantitative estimate of drug-likeness (QED) is 0.561. The van der Waals surface area contributed by atoms with E-state index in [1.165, 1.54) is 0 Å². The molecule has 0 aliphatic rings. The molecule has 8 nitrogen and oxygen atoms in total. The first-order valence-electron chi connectivity index (χ1n) is 6.86. The number of nitrogens with one attached hydrogen (secondary N) is 2. The number of aryl methyl sites for hydroxylation is 1. The van der Waals surface area contributed by atoms with Gasteiger partial charge in [0.05, 0.1) is 10.5 Å². The van der Waals surface area contributed by atoms with Crippen molar-refractivity contribution in [3.8, 4) is 0 Å². The predicted molar refractivity (Wildman–Crippen MR) is 81.8 cm³/mol. The summed E-state index contributed by atoms with van der Waals surface area (Å²) in [4.78, 5) is 19.0. The second kappa shape index (κ2) is 7.16. The van der Waals surface area contributed by atoms with E-state index in [0.29, 0.717) is 24.7 Å². The maximum Gasteiger partial charge on any atom is 0.332 e. The molecule has 0 bridgehead atoms. The number of rotatable bonds is 8. The van der Waals surface area contributed by atoms with Crippen molar-refractivity contribution >= 4 is 17.5 Å². The standard InChI is InChI=1S/C13H23N5O3/c1-6-7-14-12-16-9(2)10(18(19)20)11(17-12)15-8-13(3,4)21-5/h6-8H2,1-5H3,(H2,14,15,16,17). The lowest BCUT2D eigenvalue weighted by Crippen LogP contribution is -2.32. The van der Waals surface area contributed by atoms with E-state index in [2.05, 4.69) is 20.6 Å². The van der Waals surface area contributed by atoms with Crippen LogP contribution in [-0.4, -0.2) is 40.7 Å². The van der Waals surface area contributed by atoms with E-state index in [-0.39, 0.29) is 11.5 Å². The van der Waals surface area contributed by atoms with Gasteiger partial charge < -0.3 is 15.4 Å². The number of methoxy groups -OCH3 is 1. The van der Waals surface area contributed by atoms with Gasteiger partial charge in [-0.25, -0.2) is 4.98 Å². The fraction of sp³-hybridized carbons (Fsp3) is 0.692. The number of hydrogen-bond donors (Lipinski definition) is 2. The van der Waals surface area contributed by atoms with E-state index in [1.807, 2.05) is 20.8 Å². The Bertz CT molecular complexity index is 505. The lowest BCUT2D eigenvalue weighted by Gasteiger charge is -2.23. The highest BCUT2D eigenvalue weighted by molar-refractivity contribution is 5.60. The molecule has 0 saturated heterocycles. The fourth-order valence-corrected chi connectivity index (χ4v) is 1.59. The highest BCUT2D eigenvalue weighted by Gasteiger charge is 2.24. The molecule has 1 aromatic rings. The number of aromatic nitrogens is 2. The minimum Gasteiger partial charge on any atom is -0.377 e. The Hall–Kier alpha value is -1.96. The molecule has 0 unspecified atom stereocenters. The summed E-state index contributed by atoms with van der Waals surface area (Å²) in [5.41, 5.74) is -0.237. The van der Waals surface area contributed by atoms with Gasteiger partial charge in [0.25, 0.3) is 0 Å². The third-order valence-corrected chi connectivity index (χ3v) is 3.01. The zero-order valence-corrected chi connectivity index (χ0v) is 13.2. The highest BCUT2D eigenvalue weighted by Crippen LogP contribution is 2.27. The van der Waals surface area contributed by atoms with Gasteiger partial charge >= 0.3 is 5.69 Å². The summed E-state index contributed by atoms with van der Waals surface area (Å²) >= 11 is 0. The lowest BCUT2D eigenvalue weighted by atomic mass is 10.1.